The molecule has 0 radical (unpaired) electrons. The lowest BCUT2D eigenvalue weighted by molar-refractivity contribution is 0.0925. The summed E-state index contributed by atoms with van der Waals surface area (Å²) in [5, 5.41) is 19.3. The molecule has 0 amide bonds. The zero-order chi connectivity index (χ0) is 15.1. The van der Waals surface area contributed by atoms with Gasteiger partial charge in [-0.15, -0.1) is 0 Å². The fourth-order valence-corrected chi connectivity index (χ4v) is 2.29. The summed E-state index contributed by atoms with van der Waals surface area (Å²) in [6, 6.07) is 15.4. The number of aliphatic hydroxyl groups is 2. The van der Waals surface area contributed by atoms with Gasteiger partial charge in [0.25, 0.3) is 0 Å². The Balaban J connectivity index is 2.10. The summed E-state index contributed by atoms with van der Waals surface area (Å²) in [6.07, 6.45) is 0.315. The first-order valence-corrected chi connectivity index (χ1v) is 6.86. The highest BCUT2D eigenvalue weighted by Gasteiger charge is 2.33. The van der Waals surface area contributed by atoms with Crippen LogP contribution < -0.4 is 4.74 Å². The van der Waals surface area contributed by atoms with Crippen LogP contribution in [0.4, 0.5) is 4.39 Å². The van der Waals surface area contributed by atoms with Crippen LogP contribution in [0.3, 0.4) is 0 Å². The molecule has 0 unspecified atom stereocenters. The molecule has 2 N–H and O–H groups in total. The van der Waals surface area contributed by atoms with Crippen LogP contribution in [0.5, 0.6) is 5.75 Å². The van der Waals surface area contributed by atoms with Gasteiger partial charge < -0.3 is 14.9 Å². The van der Waals surface area contributed by atoms with Crippen LogP contribution in [0.1, 0.15) is 12.0 Å². The van der Waals surface area contributed by atoms with E-state index in [-0.39, 0.29) is 19.8 Å². The number of ether oxygens (including phenoxy) is 1. The summed E-state index contributed by atoms with van der Waals surface area (Å²) < 4.78 is 19.5. The quantitative estimate of drug-likeness (QED) is 0.824. The molecule has 0 aliphatic heterocycles. The van der Waals surface area contributed by atoms with Gasteiger partial charge in [0.15, 0.2) is 0 Å². The molecule has 2 aromatic carbocycles. The van der Waals surface area contributed by atoms with Gasteiger partial charge in [0.1, 0.15) is 11.6 Å². The summed E-state index contributed by atoms with van der Waals surface area (Å²) in [6.45, 7) is -0.412. The van der Waals surface area contributed by atoms with Crippen molar-refractivity contribution >= 4 is 0 Å². The first-order chi connectivity index (χ1) is 10.2. The van der Waals surface area contributed by atoms with E-state index in [1.165, 1.54) is 6.07 Å². The molecular formula is C17H19FO3. The van der Waals surface area contributed by atoms with Crippen LogP contribution in [0.15, 0.2) is 54.6 Å². The van der Waals surface area contributed by atoms with Crippen molar-refractivity contribution in [2.75, 3.05) is 19.8 Å². The molecule has 21 heavy (non-hydrogen) atoms. The second-order valence-electron chi connectivity index (χ2n) is 4.99. The van der Waals surface area contributed by atoms with Gasteiger partial charge in [-0.2, -0.15) is 0 Å². The fourth-order valence-electron chi connectivity index (χ4n) is 2.29. The smallest absolute Gasteiger partial charge is 0.127 e. The van der Waals surface area contributed by atoms with Crippen LogP contribution in [-0.2, 0) is 5.41 Å². The highest BCUT2D eigenvalue weighted by molar-refractivity contribution is 5.28. The van der Waals surface area contributed by atoms with Gasteiger partial charge >= 0.3 is 0 Å². The Morgan fingerprint density at radius 2 is 1.52 bits per heavy atom. The van der Waals surface area contributed by atoms with Gasteiger partial charge in [0.05, 0.1) is 19.8 Å². The Morgan fingerprint density at radius 3 is 2.14 bits per heavy atom. The zero-order valence-corrected chi connectivity index (χ0v) is 11.7. The standard InChI is InChI=1S/C17H19FO3/c18-16-9-5-4-8-15(16)17(12-19,13-20)10-11-21-14-6-2-1-3-7-14/h1-9,19-20H,10-13H2. The molecule has 0 saturated heterocycles. The molecular weight excluding hydrogens is 271 g/mol. The van der Waals surface area contributed by atoms with E-state index in [0.717, 1.165) is 0 Å². The first kappa shape index (κ1) is 15.5. The maximum absolute atomic E-state index is 13.9. The van der Waals surface area contributed by atoms with Crippen molar-refractivity contribution in [1.82, 2.24) is 0 Å². The molecule has 0 saturated carbocycles. The van der Waals surface area contributed by atoms with Crippen molar-refractivity contribution < 1.29 is 19.3 Å². The lowest BCUT2D eigenvalue weighted by atomic mass is 9.79. The summed E-state index contributed by atoms with van der Waals surface area (Å²) in [5.74, 6) is 0.274. The van der Waals surface area contributed by atoms with E-state index in [1.54, 1.807) is 18.2 Å². The number of rotatable bonds is 7. The predicted molar refractivity (Wildman–Crippen MR) is 78.8 cm³/mol. The number of halogens is 1. The molecule has 0 heterocycles. The third kappa shape index (κ3) is 3.60. The average molecular weight is 290 g/mol. The van der Waals surface area contributed by atoms with Crippen LogP contribution in [-0.4, -0.2) is 30.0 Å². The van der Waals surface area contributed by atoms with Crippen molar-refractivity contribution in [3.8, 4) is 5.75 Å². The van der Waals surface area contributed by atoms with Gasteiger partial charge in [-0.3, -0.25) is 0 Å². The molecule has 4 heteroatoms. The predicted octanol–water partition coefficient (Wildman–Crippen LogP) is 2.52. The van der Waals surface area contributed by atoms with Crippen molar-refractivity contribution in [2.24, 2.45) is 0 Å². The van der Waals surface area contributed by atoms with E-state index < -0.39 is 11.2 Å². The van der Waals surface area contributed by atoms with E-state index in [9.17, 15) is 14.6 Å². The van der Waals surface area contributed by atoms with E-state index in [1.807, 2.05) is 30.3 Å². The molecule has 0 aliphatic rings. The lowest BCUT2D eigenvalue weighted by Gasteiger charge is -2.30. The molecule has 0 bridgehead atoms. The number of hydrogen-bond donors (Lipinski definition) is 2. The largest absolute Gasteiger partial charge is 0.494 e. The van der Waals surface area contributed by atoms with Gasteiger partial charge in [-0.1, -0.05) is 36.4 Å². The normalized spacial score (nSPS) is 11.4. The Bertz CT molecular complexity index is 553. The average Bonchev–Trinajstić information content (AvgIpc) is 2.54. The van der Waals surface area contributed by atoms with Crippen molar-refractivity contribution in [2.45, 2.75) is 11.8 Å². The van der Waals surface area contributed by atoms with Gasteiger partial charge in [-0.05, 0) is 30.2 Å². The van der Waals surface area contributed by atoms with E-state index in [2.05, 4.69) is 0 Å². The van der Waals surface area contributed by atoms with E-state index >= 15 is 0 Å². The summed E-state index contributed by atoms with van der Waals surface area (Å²) >= 11 is 0. The molecule has 0 spiro atoms. The highest BCUT2D eigenvalue weighted by atomic mass is 19.1. The Kier molecular flexibility index (Phi) is 5.31. The maximum atomic E-state index is 13.9. The SMILES string of the molecule is OCC(CO)(CCOc1ccccc1)c1ccccc1F. The van der Waals surface area contributed by atoms with Crippen molar-refractivity contribution in [3.05, 3.63) is 66.0 Å². The molecule has 112 valence electrons. The third-order valence-corrected chi connectivity index (χ3v) is 3.64. The van der Waals surface area contributed by atoms with Gasteiger partial charge in [-0.25, -0.2) is 4.39 Å². The number of para-hydroxylation sites is 1. The third-order valence-electron chi connectivity index (χ3n) is 3.64. The lowest BCUT2D eigenvalue weighted by Crippen LogP contribution is -2.37. The van der Waals surface area contributed by atoms with Crippen LogP contribution >= 0.6 is 0 Å². The van der Waals surface area contributed by atoms with Crippen molar-refractivity contribution in [1.29, 1.82) is 0 Å². The Labute approximate surface area is 123 Å². The van der Waals surface area contributed by atoms with Crippen LogP contribution in [0.25, 0.3) is 0 Å². The summed E-state index contributed by atoms with van der Waals surface area (Å²) in [4.78, 5) is 0. The maximum Gasteiger partial charge on any atom is 0.127 e. The minimum atomic E-state index is -1.04. The minimum absolute atomic E-state index is 0.277. The molecule has 0 aliphatic carbocycles. The molecule has 2 aromatic rings. The summed E-state index contributed by atoms with van der Waals surface area (Å²) in [5.41, 5.74) is -0.730. The monoisotopic (exact) mass is 290 g/mol. The molecule has 0 fully saturated rings. The second kappa shape index (κ2) is 7.20. The summed E-state index contributed by atoms with van der Waals surface area (Å²) in [7, 11) is 0. The minimum Gasteiger partial charge on any atom is -0.494 e. The molecule has 2 rings (SSSR count). The molecule has 0 atom stereocenters. The van der Waals surface area contributed by atoms with Crippen LogP contribution in [0.2, 0.25) is 0 Å². The van der Waals surface area contributed by atoms with E-state index in [4.69, 9.17) is 4.74 Å². The Morgan fingerprint density at radius 1 is 0.905 bits per heavy atom. The van der Waals surface area contributed by atoms with Gasteiger partial charge in [0, 0.05) is 5.41 Å². The second-order valence-corrected chi connectivity index (χ2v) is 4.99. The zero-order valence-electron chi connectivity index (χ0n) is 11.7. The highest BCUT2D eigenvalue weighted by Crippen LogP contribution is 2.29. The first-order valence-electron chi connectivity index (χ1n) is 6.86. The molecule has 3 nitrogen and oxygen atoms in total. The molecule has 0 aromatic heterocycles. The van der Waals surface area contributed by atoms with Crippen LogP contribution in [0, 0.1) is 5.82 Å². The van der Waals surface area contributed by atoms with Crippen molar-refractivity contribution in [3.63, 3.8) is 0 Å². The fraction of sp³-hybridized carbons (Fsp3) is 0.294. The number of aliphatic hydroxyl groups excluding tert-OH is 2. The number of hydrogen-bond acceptors (Lipinski definition) is 3. The van der Waals surface area contributed by atoms with Gasteiger partial charge in [0.2, 0.25) is 0 Å². The number of benzene rings is 2. The topological polar surface area (TPSA) is 49.7 Å². The Hall–Kier alpha value is -1.91. The van der Waals surface area contributed by atoms with E-state index in [0.29, 0.717) is 17.7 Å².